The van der Waals surface area contributed by atoms with Gasteiger partial charge in [0, 0.05) is 13.0 Å². The van der Waals surface area contributed by atoms with Gasteiger partial charge in [0.25, 0.3) is 0 Å². The molecule has 186 valence electrons. The Kier molecular flexibility index (Phi) is 8.80. The van der Waals surface area contributed by atoms with Crippen LogP contribution in [0.25, 0.3) is 0 Å². The van der Waals surface area contributed by atoms with E-state index in [0.717, 1.165) is 11.1 Å². The maximum absolute atomic E-state index is 12.8. The number of rotatable bonds is 10. The van der Waals surface area contributed by atoms with Crippen LogP contribution in [0.1, 0.15) is 24.0 Å². The Balaban J connectivity index is 1.52. The molecule has 0 radical (unpaired) electrons. The predicted molar refractivity (Wildman–Crippen MR) is 127 cm³/mol. The van der Waals surface area contributed by atoms with Crippen LogP contribution in [0, 0.1) is 0 Å². The minimum atomic E-state index is -1.16. The number of phenolic OH excluding ortho intramolecular Hbond substituents is 1. The highest BCUT2D eigenvalue weighted by Gasteiger charge is 2.36. The van der Waals surface area contributed by atoms with Crippen LogP contribution in [0.2, 0.25) is 0 Å². The third-order valence-electron chi connectivity index (χ3n) is 5.92. The molecule has 0 aliphatic carbocycles. The lowest BCUT2D eigenvalue weighted by atomic mass is 10.1. The van der Waals surface area contributed by atoms with Crippen LogP contribution in [-0.2, 0) is 32.0 Å². The van der Waals surface area contributed by atoms with Crippen LogP contribution in [0.5, 0.6) is 5.75 Å². The summed E-state index contributed by atoms with van der Waals surface area (Å²) >= 11 is 0. The molecule has 1 fully saturated rings. The van der Waals surface area contributed by atoms with Gasteiger partial charge in [0.05, 0.1) is 12.6 Å². The lowest BCUT2D eigenvalue weighted by Crippen LogP contribution is -2.53. The van der Waals surface area contributed by atoms with E-state index in [2.05, 4.69) is 10.6 Å². The number of benzene rings is 2. The molecule has 3 atom stereocenters. The number of aromatic hydroxyl groups is 1. The van der Waals surface area contributed by atoms with Crippen molar-refractivity contribution in [1.82, 2.24) is 15.5 Å². The van der Waals surface area contributed by atoms with E-state index in [1.807, 2.05) is 6.07 Å². The van der Waals surface area contributed by atoms with E-state index in [0.29, 0.717) is 19.4 Å². The van der Waals surface area contributed by atoms with Crippen molar-refractivity contribution in [2.45, 2.75) is 43.8 Å². The third-order valence-corrected chi connectivity index (χ3v) is 5.92. The Bertz CT molecular complexity index is 1040. The van der Waals surface area contributed by atoms with Gasteiger partial charge in [0.1, 0.15) is 17.8 Å². The van der Waals surface area contributed by atoms with Crippen LogP contribution in [0.4, 0.5) is 0 Å². The predicted octanol–water partition coefficient (Wildman–Crippen LogP) is 0.181. The number of phenols is 1. The summed E-state index contributed by atoms with van der Waals surface area (Å²) < 4.78 is 0. The number of likely N-dealkylation sites (tertiary alicyclic amines) is 1. The number of carboxylic acids is 1. The zero-order valence-corrected chi connectivity index (χ0v) is 19.2. The number of hydrogen-bond acceptors (Lipinski definition) is 6. The summed E-state index contributed by atoms with van der Waals surface area (Å²) in [6.07, 6.45) is 1.35. The van der Waals surface area contributed by atoms with Gasteiger partial charge in [-0.05, 0) is 42.5 Å². The molecule has 1 aliphatic heterocycles. The maximum Gasteiger partial charge on any atom is 0.326 e. The molecule has 3 amide bonds. The van der Waals surface area contributed by atoms with Crippen molar-refractivity contribution in [3.8, 4) is 5.75 Å². The molecule has 0 unspecified atom stereocenters. The molecule has 2 aromatic rings. The fraction of sp³-hybridized carbons (Fsp3) is 0.360. The zero-order valence-electron chi connectivity index (χ0n) is 19.2. The van der Waals surface area contributed by atoms with Gasteiger partial charge in [-0.2, -0.15) is 0 Å². The normalized spacial score (nSPS) is 16.8. The van der Waals surface area contributed by atoms with Gasteiger partial charge < -0.3 is 31.5 Å². The molecular weight excluding hydrogens is 452 g/mol. The lowest BCUT2D eigenvalue weighted by molar-refractivity contribution is -0.144. The standard InChI is InChI=1S/C25H30N4O6/c26-19(13-17-8-10-18(30)11-9-17)23(32)27-15-22(31)29-12-4-7-21(29)24(33)28-20(25(34)35)14-16-5-2-1-3-6-16/h1-3,5-6,8-11,19-21,30H,4,7,12-15,26H2,(H,27,32)(H,28,33)(H,34,35)/t19-,20-,21-/m1/s1. The van der Waals surface area contributed by atoms with E-state index in [1.54, 1.807) is 36.4 Å². The molecule has 1 saturated heterocycles. The Hall–Kier alpha value is -3.92. The van der Waals surface area contributed by atoms with Crippen LogP contribution >= 0.6 is 0 Å². The smallest absolute Gasteiger partial charge is 0.326 e. The first kappa shape index (κ1) is 25.7. The van der Waals surface area contributed by atoms with E-state index in [4.69, 9.17) is 5.73 Å². The van der Waals surface area contributed by atoms with Gasteiger partial charge in [-0.3, -0.25) is 14.4 Å². The number of aliphatic carboxylic acids is 1. The molecule has 35 heavy (non-hydrogen) atoms. The Morgan fingerprint density at radius 1 is 1.00 bits per heavy atom. The lowest BCUT2D eigenvalue weighted by Gasteiger charge is -2.26. The van der Waals surface area contributed by atoms with Crippen molar-refractivity contribution in [2.24, 2.45) is 5.73 Å². The van der Waals surface area contributed by atoms with Gasteiger partial charge >= 0.3 is 5.97 Å². The molecular formula is C25H30N4O6. The highest BCUT2D eigenvalue weighted by molar-refractivity contribution is 5.93. The van der Waals surface area contributed by atoms with Crippen molar-refractivity contribution in [3.63, 3.8) is 0 Å². The SMILES string of the molecule is N[C@H](Cc1ccc(O)cc1)C(=O)NCC(=O)N1CCC[C@@H]1C(=O)N[C@H](Cc1ccccc1)C(=O)O. The molecule has 1 aliphatic rings. The number of amides is 3. The highest BCUT2D eigenvalue weighted by atomic mass is 16.4. The van der Waals surface area contributed by atoms with Crippen molar-refractivity contribution < 1.29 is 29.4 Å². The summed E-state index contributed by atoms with van der Waals surface area (Å²) in [6.45, 7) is 0.0149. The second kappa shape index (κ2) is 12.0. The van der Waals surface area contributed by atoms with Crippen molar-refractivity contribution in [2.75, 3.05) is 13.1 Å². The van der Waals surface area contributed by atoms with Crippen LogP contribution in [0.15, 0.2) is 54.6 Å². The molecule has 1 heterocycles. The third kappa shape index (κ3) is 7.28. The Labute approximate surface area is 203 Å². The molecule has 0 aromatic heterocycles. The Morgan fingerprint density at radius 3 is 2.31 bits per heavy atom. The van der Waals surface area contributed by atoms with Gasteiger partial charge in [0.15, 0.2) is 0 Å². The number of carboxylic acid groups (broad SMARTS) is 1. The largest absolute Gasteiger partial charge is 0.508 e. The molecule has 6 N–H and O–H groups in total. The Morgan fingerprint density at radius 2 is 1.66 bits per heavy atom. The minimum Gasteiger partial charge on any atom is -0.508 e. The van der Waals surface area contributed by atoms with Crippen LogP contribution in [-0.4, -0.2) is 70.0 Å². The first-order valence-electron chi connectivity index (χ1n) is 11.4. The highest BCUT2D eigenvalue weighted by Crippen LogP contribution is 2.18. The number of nitrogens with two attached hydrogens (primary N) is 1. The fourth-order valence-electron chi connectivity index (χ4n) is 4.03. The second-order valence-electron chi connectivity index (χ2n) is 8.53. The van der Waals surface area contributed by atoms with E-state index >= 15 is 0 Å². The number of hydrogen-bond donors (Lipinski definition) is 5. The quantitative estimate of drug-likeness (QED) is 0.323. The van der Waals surface area contributed by atoms with E-state index < -0.39 is 41.8 Å². The monoisotopic (exact) mass is 482 g/mol. The summed E-state index contributed by atoms with van der Waals surface area (Å²) in [5.41, 5.74) is 7.46. The minimum absolute atomic E-state index is 0.108. The summed E-state index contributed by atoms with van der Waals surface area (Å²) in [5.74, 6) is -2.54. The first-order valence-corrected chi connectivity index (χ1v) is 11.4. The average Bonchev–Trinajstić information content (AvgIpc) is 3.34. The molecule has 2 aromatic carbocycles. The number of carbonyl (C=O) groups is 4. The summed E-state index contributed by atoms with van der Waals surface area (Å²) in [4.78, 5) is 51.0. The summed E-state index contributed by atoms with van der Waals surface area (Å²) in [6, 6.07) is 12.4. The van der Waals surface area contributed by atoms with E-state index in [-0.39, 0.29) is 25.1 Å². The number of nitrogens with one attached hydrogen (secondary N) is 2. The number of carbonyl (C=O) groups excluding carboxylic acids is 3. The van der Waals surface area contributed by atoms with Gasteiger partial charge in [-0.25, -0.2) is 4.79 Å². The molecule has 0 saturated carbocycles. The van der Waals surface area contributed by atoms with Crippen molar-refractivity contribution in [1.29, 1.82) is 0 Å². The van der Waals surface area contributed by atoms with Crippen LogP contribution in [0.3, 0.4) is 0 Å². The molecule has 0 bridgehead atoms. The molecule has 10 heteroatoms. The van der Waals surface area contributed by atoms with E-state index in [1.165, 1.54) is 17.0 Å². The molecule has 0 spiro atoms. The van der Waals surface area contributed by atoms with Crippen molar-refractivity contribution >= 4 is 23.7 Å². The topological polar surface area (TPSA) is 162 Å². The zero-order chi connectivity index (χ0) is 25.4. The second-order valence-corrected chi connectivity index (χ2v) is 8.53. The van der Waals surface area contributed by atoms with Crippen molar-refractivity contribution in [3.05, 3.63) is 65.7 Å². The van der Waals surface area contributed by atoms with Gasteiger partial charge in [-0.1, -0.05) is 42.5 Å². The first-order chi connectivity index (χ1) is 16.7. The summed E-state index contributed by atoms with van der Waals surface area (Å²) in [7, 11) is 0. The van der Waals surface area contributed by atoms with Gasteiger partial charge in [-0.15, -0.1) is 0 Å². The average molecular weight is 483 g/mol. The molecule has 3 rings (SSSR count). The number of nitrogens with zero attached hydrogens (tertiary/aromatic N) is 1. The van der Waals surface area contributed by atoms with Crippen LogP contribution < -0.4 is 16.4 Å². The maximum atomic E-state index is 12.8. The summed E-state index contributed by atoms with van der Waals surface area (Å²) in [5, 5.41) is 24.0. The fourth-order valence-corrected chi connectivity index (χ4v) is 4.03. The van der Waals surface area contributed by atoms with E-state index in [9.17, 15) is 29.4 Å². The van der Waals surface area contributed by atoms with Gasteiger partial charge in [0.2, 0.25) is 17.7 Å². The molecule has 10 nitrogen and oxygen atoms in total.